The molecule has 8 nitrogen and oxygen atoms in total. The van der Waals surface area contributed by atoms with Crippen LogP contribution in [0.3, 0.4) is 0 Å². The molecule has 0 radical (unpaired) electrons. The molecule has 192 valence electrons. The van der Waals surface area contributed by atoms with Crippen molar-refractivity contribution in [2.45, 2.75) is 9.79 Å². The van der Waals surface area contributed by atoms with Gasteiger partial charge >= 0.3 is 0 Å². The largest absolute Gasteiger partial charge is 0.366 e. The predicted molar refractivity (Wildman–Crippen MR) is 142 cm³/mol. The lowest BCUT2D eigenvalue weighted by molar-refractivity contribution is 0.0992. The molecule has 0 aliphatic rings. The molecule has 4 rings (SSSR count). The van der Waals surface area contributed by atoms with E-state index in [1.54, 1.807) is 84.9 Å². The van der Waals surface area contributed by atoms with Gasteiger partial charge in [0.25, 0.3) is 0 Å². The second-order valence-corrected chi connectivity index (χ2v) is 11.8. The van der Waals surface area contributed by atoms with Gasteiger partial charge < -0.3 is 11.5 Å². The van der Waals surface area contributed by atoms with Crippen LogP contribution in [-0.2, 0) is 19.7 Å². The Hall–Kier alpha value is -4.28. The molecular weight excluding hydrogens is 512 g/mol. The molecule has 0 atom stereocenters. The van der Waals surface area contributed by atoms with Crippen LogP contribution < -0.4 is 11.5 Å². The van der Waals surface area contributed by atoms with E-state index in [-0.39, 0.29) is 21.6 Å². The monoisotopic (exact) mass is 538 g/mol. The fraction of sp³-hybridized carbons (Fsp3) is 0.0370. The molecule has 0 unspecified atom stereocenters. The van der Waals surface area contributed by atoms with Gasteiger partial charge in [0.2, 0.25) is 11.8 Å². The van der Waals surface area contributed by atoms with E-state index >= 15 is 0 Å². The molecule has 2 amide bonds. The molecule has 4 N–H and O–H groups in total. The summed E-state index contributed by atoms with van der Waals surface area (Å²) in [6.07, 6.45) is 0. The molecule has 0 aliphatic heterocycles. The molecule has 10 heteroatoms. The minimum Gasteiger partial charge on any atom is -0.366 e. The van der Waals surface area contributed by atoms with Gasteiger partial charge in [-0.05, 0) is 48.5 Å². The van der Waals surface area contributed by atoms with Crippen LogP contribution in [0.1, 0.15) is 20.7 Å². The minimum absolute atomic E-state index is 0.00880. The van der Waals surface area contributed by atoms with E-state index in [1.807, 2.05) is 12.1 Å². The van der Waals surface area contributed by atoms with Gasteiger partial charge in [-0.3, -0.25) is 9.59 Å². The maximum atomic E-state index is 12.0. The summed E-state index contributed by atoms with van der Waals surface area (Å²) >= 11 is 0. The summed E-state index contributed by atoms with van der Waals surface area (Å²) in [5.41, 5.74) is 11.1. The number of benzene rings is 4. The molecular formula is C27H26N2O6S2. The maximum Gasteiger partial charge on any atom is 0.248 e. The number of sulfone groups is 2. The van der Waals surface area contributed by atoms with E-state index in [9.17, 15) is 26.4 Å². The highest BCUT2D eigenvalue weighted by atomic mass is 32.3. The number of primary amides is 2. The van der Waals surface area contributed by atoms with Crippen molar-refractivity contribution in [1.82, 2.24) is 0 Å². The molecule has 0 fully saturated rings. The molecule has 0 heterocycles. The minimum atomic E-state index is -3.85. The van der Waals surface area contributed by atoms with E-state index in [0.717, 1.165) is 0 Å². The van der Waals surface area contributed by atoms with Crippen molar-refractivity contribution in [1.29, 1.82) is 0 Å². The van der Waals surface area contributed by atoms with Crippen molar-refractivity contribution in [3.8, 4) is 0 Å². The first-order valence-electron chi connectivity index (χ1n) is 10.8. The lowest BCUT2D eigenvalue weighted by atomic mass is 10.2. The summed E-state index contributed by atoms with van der Waals surface area (Å²) < 4.78 is 48.2. The van der Waals surface area contributed by atoms with Gasteiger partial charge in [-0.15, -0.1) is 0 Å². The second-order valence-electron chi connectivity index (χ2n) is 7.43. The Morgan fingerprint density at radius 1 is 0.459 bits per heavy atom. The van der Waals surface area contributed by atoms with Gasteiger partial charge in [0.1, 0.15) is 0 Å². The lowest BCUT2D eigenvalue weighted by Crippen LogP contribution is -2.16. The van der Waals surface area contributed by atoms with Crippen LogP contribution in [0.2, 0.25) is 0 Å². The highest BCUT2D eigenvalue weighted by molar-refractivity contribution is 8.08. The van der Waals surface area contributed by atoms with Gasteiger partial charge in [0.15, 0.2) is 24.8 Å². The Labute approximate surface area is 216 Å². The summed E-state index contributed by atoms with van der Waals surface area (Å²) in [5.74, 6) is -0.758. The first-order chi connectivity index (χ1) is 17.5. The first-order valence-corrected chi connectivity index (χ1v) is 14.1. The molecule has 0 aliphatic carbocycles. The van der Waals surface area contributed by atoms with Crippen molar-refractivity contribution in [2.75, 3.05) is 5.08 Å². The highest BCUT2D eigenvalue weighted by Crippen LogP contribution is 2.17. The van der Waals surface area contributed by atoms with Crippen LogP contribution in [0.15, 0.2) is 131 Å². The normalized spacial score (nSPS) is 10.6. The van der Waals surface area contributed by atoms with Crippen molar-refractivity contribution in [3.05, 3.63) is 132 Å². The Morgan fingerprint density at radius 3 is 0.919 bits per heavy atom. The van der Waals surface area contributed by atoms with Crippen LogP contribution in [0.4, 0.5) is 0 Å². The van der Waals surface area contributed by atoms with Crippen molar-refractivity contribution >= 4 is 31.5 Å². The summed E-state index contributed by atoms with van der Waals surface area (Å²) in [6, 6.07) is 32.6. The topological polar surface area (TPSA) is 154 Å². The summed E-state index contributed by atoms with van der Waals surface area (Å²) in [6.45, 7) is 0. The smallest absolute Gasteiger partial charge is 0.248 e. The third-order valence-corrected chi connectivity index (χ3v) is 9.09. The summed E-state index contributed by atoms with van der Waals surface area (Å²) in [5, 5.41) is -0.923. The molecule has 4 aromatic carbocycles. The number of hydrogen-bond donors (Lipinski definition) is 2. The van der Waals surface area contributed by atoms with Gasteiger partial charge in [0, 0.05) is 11.1 Å². The third kappa shape index (κ3) is 9.71. The van der Waals surface area contributed by atoms with Crippen LogP contribution in [0.25, 0.3) is 0 Å². The van der Waals surface area contributed by atoms with Crippen LogP contribution in [-0.4, -0.2) is 33.7 Å². The molecule has 0 saturated heterocycles. The van der Waals surface area contributed by atoms with E-state index in [2.05, 4.69) is 0 Å². The van der Waals surface area contributed by atoms with Crippen molar-refractivity contribution in [2.24, 2.45) is 11.5 Å². The number of rotatable bonds is 6. The lowest BCUT2D eigenvalue weighted by Gasteiger charge is -2.06. The molecule has 0 spiro atoms. The number of amides is 2. The van der Waals surface area contributed by atoms with Gasteiger partial charge in [-0.25, -0.2) is 16.8 Å². The zero-order valence-electron chi connectivity index (χ0n) is 19.7. The summed E-state index contributed by atoms with van der Waals surface area (Å²) in [4.78, 5) is 20.9. The SMILES string of the molecule is NC(=O)c1ccccc1.NC(=O)c1ccccc1.O=S(=O)(CS(=O)(=O)c1ccccc1)c1ccccc1. The van der Waals surface area contributed by atoms with Crippen LogP contribution in [0.5, 0.6) is 0 Å². The fourth-order valence-corrected chi connectivity index (χ4v) is 6.67. The molecule has 0 aromatic heterocycles. The Morgan fingerprint density at radius 2 is 0.703 bits per heavy atom. The standard InChI is InChI=1S/C13H12O4S2.2C7H7NO/c14-18(15,12-7-3-1-4-8-12)11-19(16,17)13-9-5-2-6-10-13;2*8-7(9)6-4-2-1-3-5-6/h1-10H,11H2;2*1-5H,(H2,8,9). The average Bonchev–Trinajstić information content (AvgIpc) is 2.91. The number of carbonyl (C=O) groups is 2. The third-order valence-electron chi connectivity index (χ3n) is 4.63. The average molecular weight is 539 g/mol. The zero-order chi connectivity index (χ0) is 27.3. The Kier molecular flexibility index (Phi) is 10.7. The fourth-order valence-electron chi connectivity index (χ4n) is 2.80. The van der Waals surface area contributed by atoms with Crippen molar-refractivity contribution < 1.29 is 26.4 Å². The molecule has 37 heavy (non-hydrogen) atoms. The zero-order valence-corrected chi connectivity index (χ0v) is 21.3. The van der Waals surface area contributed by atoms with Gasteiger partial charge in [-0.1, -0.05) is 72.8 Å². The summed E-state index contributed by atoms with van der Waals surface area (Å²) in [7, 11) is -7.71. The molecule has 4 aromatic rings. The van der Waals surface area contributed by atoms with Gasteiger partial charge in [-0.2, -0.15) is 0 Å². The molecule has 0 saturated carbocycles. The highest BCUT2D eigenvalue weighted by Gasteiger charge is 2.25. The van der Waals surface area contributed by atoms with Crippen molar-refractivity contribution in [3.63, 3.8) is 0 Å². The number of nitrogens with two attached hydrogens (primary N) is 2. The Bertz CT molecular complexity index is 1380. The van der Waals surface area contributed by atoms with E-state index in [4.69, 9.17) is 11.5 Å². The number of hydrogen-bond acceptors (Lipinski definition) is 6. The van der Waals surface area contributed by atoms with Crippen LogP contribution in [0, 0.1) is 0 Å². The van der Waals surface area contributed by atoms with E-state index in [0.29, 0.717) is 11.1 Å². The molecule has 0 bridgehead atoms. The maximum absolute atomic E-state index is 12.0. The first kappa shape index (κ1) is 29.0. The quantitative estimate of drug-likeness (QED) is 0.383. The van der Waals surface area contributed by atoms with E-state index in [1.165, 1.54) is 24.3 Å². The second kappa shape index (κ2) is 13.7. The predicted octanol–water partition coefficient (Wildman–Crippen LogP) is 3.46. The van der Waals surface area contributed by atoms with Crippen LogP contribution >= 0.6 is 0 Å². The van der Waals surface area contributed by atoms with E-state index < -0.39 is 24.8 Å². The number of carbonyl (C=O) groups excluding carboxylic acids is 2. The Balaban J connectivity index is 0.000000222. The van der Waals surface area contributed by atoms with Gasteiger partial charge in [0.05, 0.1) is 9.79 Å².